The van der Waals surface area contributed by atoms with Crippen molar-refractivity contribution in [3.8, 4) is 11.5 Å². The zero-order valence-electron chi connectivity index (χ0n) is 14.2. The molecule has 5 heteroatoms. The molecule has 0 N–H and O–H groups in total. The third-order valence-corrected chi connectivity index (χ3v) is 5.48. The molecule has 0 aliphatic heterocycles. The molecule has 0 unspecified atom stereocenters. The summed E-state index contributed by atoms with van der Waals surface area (Å²) in [4.78, 5) is 14.3. The number of carbonyl (C=O) groups excluding carboxylic acids is 1. The van der Waals surface area contributed by atoms with E-state index < -0.39 is 0 Å². The van der Waals surface area contributed by atoms with Gasteiger partial charge in [-0.25, -0.2) is 4.39 Å². The van der Waals surface area contributed by atoms with Gasteiger partial charge in [0.25, 0.3) is 0 Å². The second-order valence-electron chi connectivity index (χ2n) is 7.19. The fourth-order valence-electron chi connectivity index (χ4n) is 3.32. The molecule has 25 heavy (non-hydrogen) atoms. The smallest absolute Gasteiger partial charge is 0.229 e. The average molecular weight is 360 g/mol. The van der Waals surface area contributed by atoms with Gasteiger partial charge in [-0.1, -0.05) is 17.7 Å². The highest BCUT2D eigenvalue weighted by molar-refractivity contribution is 6.30. The first-order chi connectivity index (χ1) is 11.9. The number of ether oxygens (including phenoxy) is 1. The van der Waals surface area contributed by atoms with Crippen molar-refractivity contribution >= 4 is 17.5 Å². The van der Waals surface area contributed by atoms with Gasteiger partial charge in [0.1, 0.15) is 17.3 Å². The number of carbonyl (C=O) groups is 1. The van der Waals surface area contributed by atoms with E-state index in [1.807, 2.05) is 13.1 Å². The minimum absolute atomic E-state index is 0.0454. The van der Waals surface area contributed by atoms with Gasteiger partial charge in [-0.3, -0.25) is 4.79 Å². The van der Waals surface area contributed by atoms with Crippen molar-refractivity contribution in [2.45, 2.75) is 26.3 Å². The molecule has 0 saturated heterocycles. The Hall–Kier alpha value is -2.07. The molecule has 2 saturated carbocycles. The summed E-state index contributed by atoms with van der Waals surface area (Å²) in [5.74, 6) is 1.69. The monoisotopic (exact) mass is 359 g/mol. The molecule has 0 spiro atoms. The van der Waals surface area contributed by atoms with Crippen LogP contribution in [0.25, 0.3) is 0 Å². The summed E-state index contributed by atoms with van der Waals surface area (Å²) in [7, 11) is 1.82. The molecule has 130 valence electrons. The Morgan fingerprint density at radius 3 is 2.68 bits per heavy atom. The van der Waals surface area contributed by atoms with E-state index >= 15 is 0 Å². The molecular weight excluding hydrogens is 341 g/mol. The van der Waals surface area contributed by atoms with Crippen LogP contribution in [0.5, 0.6) is 11.5 Å². The Morgan fingerprint density at radius 2 is 2.04 bits per heavy atom. The van der Waals surface area contributed by atoms with Crippen molar-refractivity contribution in [2.75, 3.05) is 7.05 Å². The lowest BCUT2D eigenvalue weighted by molar-refractivity contribution is -0.133. The van der Waals surface area contributed by atoms with Gasteiger partial charge >= 0.3 is 0 Å². The Bertz CT molecular complexity index is 861. The summed E-state index contributed by atoms with van der Waals surface area (Å²) in [5.41, 5.74) is 1.34. The Kier molecular flexibility index (Phi) is 3.76. The molecular formula is C20H19ClFNO2. The maximum absolute atomic E-state index is 13.4. The normalized spacial score (nSPS) is 23.0. The summed E-state index contributed by atoms with van der Waals surface area (Å²) >= 11 is 6.11. The molecule has 0 bridgehead atoms. The quantitative estimate of drug-likeness (QED) is 0.756. The third-order valence-electron chi connectivity index (χ3n) is 5.25. The van der Waals surface area contributed by atoms with Gasteiger partial charge < -0.3 is 9.64 Å². The number of fused-ring (bicyclic) bond motifs is 1. The lowest BCUT2D eigenvalue weighted by Gasteiger charge is -2.21. The lowest BCUT2D eigenvalue weighted by atomic mass is 10.1. The molecule has 4 rings (SSSR count). The van der Waals surface area contributed by atoms with E-state index in [-0.39, 0.29) is 17.1 Å². The van der Waals surface area contributed by atoms with Gasteiger partial charge in [0.15, 0.2) is 0 Å². The van der Waals surface area contributed by atoms with Crippen LogP contribution in [0, 0.1) is 24.1 Å². The van der Waals surface area contributed by atoms with Crippen LogP contribution in [0.15, 0.2) is 36.4 Å². The fourth-order valence-corrected chi connectivity index (χ4v) is 3.48. The zero-order chi connectivity index (χ0) is 17.8. The molecule has 3 nitrogen and oxygen atoms in total. The van der Waals surface area contributed by atoms with Gasteiger partial charge in [-0.2, -0.15) is 0 Å². The maximum Gasteiger partial charge on any atom is 0.229 e. The molecule has 2 aliphatic rings. The van der Waals surface area contributed by atoms with Crippen molar-refractivity contribution < 1.29 is 13.9 Å². The van der Waals surface area contributed by atoms with Crippen molar-refractivity contribution in [1.82, 2.24) is 4.90 Å². The van der Waals surface area contributed by atoms with E-state index in [0.717, 1.165) is 18.4 Å². The first-order valence-corrected chi connectivity index (χ1v) is 8.75. The molecule has 2 fully saturated rings. The van der Waals surface area contributed by atoms with E-state index in [0.29, 0.717) is 34.5 Å². The number of hydrogen-bond donors (Lipinski definition) is 0. The summed E-state index contributed by atoms with van der Waals surface area (Å²) in [5, 5.41) is 0.551. The number of halogens is 2. The molecule has 2 aromatic carbocycles. The first-order valence-electron chi connectivity index (χ1n) is 8.37. The van der Waals surface area contributed by atoms with Crippen LogP contribution in [0.1, 0.15) is 24.0 Å². The summed E-state index contributed by atoms with van der Waals surface area (Å²) < 4.78 is 19.4. The molecule has 0 heterocycles. The maximum atomic E-state index is 13.4. The average Bonchev–Trinajstić information content (AvgIpc) is 3.43. The Balaban J connectivity index is 1.55. The number of benzene rings is 2. The highest BCUT2D eigenvalue weighted by Crippen LogP contribution is 2.75. The van der Waals surface area contributed by atoms with Crippen molar-refractivity contribution in [2.24, 2.45) is 11.3 Å². The summed E-state index contributed by atoms with van der Waals surface area (Å²) in [6, 6.07) is 9.99. The Labute approximate surface area is 151 Å². The number of nitrogens with zero attached hydrogens (tertiary/aromatic N) is 1. The summed E-state index contributed by atoms with van der Waals surface area (Å²) in [6.45, 7) is 2.15. The van der Waals surface area contributed by atoms with Crippen LogP contribution in [0.4, 0.5) is 4.39 Å². The van der Waals surface area contributed by atoms with Gasteiger partial charge in [0.05, 0.1) is 5.41 Å². The predicted molar refractivity (Wildman–Crippen MR) is 94.3 cm³/mol. The fraction of sp³-hybridized carbons (Fsp3) is 0.350. The lowest BCUT2D eigenvalue weighted by Crippen LogP contribution is -2.30. The summed E-state index contributed by atoms with van der Waals surface area (Å²) in [6.07, 6.45) is 2.07. The van der Waals surface area contributed by atoms with E-state index in [9.17, 15) is 9.18 Å². The van der Waals surface area contributed by atoms with Gasteiger partial charge in [0.2, 0.25) is 5.91 Å². The number of rotatable bonds is 5. The van der Waals surface area contributed by atoms with E-state index in [1.54, 1.807) is 36.1 Å². The van der Waals surface area contributed by atoms with E-state index in [2.05, 4.69) is 0 Å². The van der Waals surface area contributed by atoms with Gasteiger partial charge in [0, 0.05) is 24.2 Å². The van der Waals surface area contributed by atoms with Crippen LogP contribution in [-0.2, 0) is 11.3 Å². The van der Waals surface area contributed by atoms with Crippen molar-refractivity contribution in [3.05, 3.63) is 58.4 Å². The highest BCUT2D eigenvalue weighted by atomic mass is 35.5. The minimum Gasteiger partial charge on any atom is -0.457 e. The van der Waals surface area contributed by atoms with Gasteiger partial charge in [-0.15, -0.1) is 0 Å². The topological polar surface area (TPSA) is 29.5 Å². The second-order valence-corrected chi connectivity index (χ2v) is 7.62. The highest BCUT2D eigenvalue weighted by Gasteiger charge is 2.75. The third kappa shape index (κ3) is 2.99. The first kappa shape index (κ1) is 16.4. The zero-order valence-corrected chi connectivity index (χ0v) is 14.9. The standard InChI is InChI=1S/C20H19ClFNO2/c1-12-7-16(5-6-17(12)22)25-18-8-15(21)4-3-13(18)11-23(2)19(24)20-9-14(20)10-20/h3-8,14H,9-11H2,1-2H3. The van der Waals surface area contributed by atoms with E-state index in [1.165, 1.54) is 6.07 Å². The number of hydrogen-bond acceptors (Lipinski definition) is 2. The van der Waals surface area contributed by atoms with Crippen LogP contribution >= 0.6 is 11.6 Å². The van der Waals surface area contributed by atoms with Crippen molar-refractivity contribution in [3.63, 3.8) is 0 Å². The van der Waals surface area contributed by atoms with Crippen LogP contribution in [0.3, 0.4) is 0 Å². The van der Waals surface area contributed by atoms with Crippen LogP contribution in [-0.4, -0.2) is 17.9 Å². The Morgan fingerprint density at radius 1 is 1.32 bits per heavy atom. The minimum atomic E-state index is -0.272. The van der Waals surface area contributed by atoms with E-state index in [4.69, 9.17) is 16.3 Å². The van der Waals surface area contributed by atoms with Crippen molar-refractivity contribution in [1.29, 1.82) is 0 Å². The molecule has 0 aromatic heterocycles. The SMILES string of the molecule is Cc1cc(Oc2cc(Cl)ccc2CN(C)C(=O)C23CC2C3)ccc1F. The second kappa shape index (κ2) is 5.73. The largest absolute Gasteiger partial charge is 0.457 e. The van der Waals surface area contributed by atoms with Crippen LogP contribution in [0.2, 0.25) is 5.02 Å². The molecule has 0 radical (unpaired) electrons. The van der Waals surface area contributed by atoms with Gasteiger partial charge in [-0.05, 0) is 61.6 Å². The molecule has 0 atom stereocenters. The number of aryl methyl sites for hydroxylation is 1. The molecule has 1 amide bonds. The number of amides is 1. The molecule has 2 aromatic rings. The predicted octanol–water partition coefficient (Wildman–Crippen LogP) is 4.95. The van der Waals surface area contributed by atoms with Crippen LogP contribution < -0.4 is 4.74 Å². The molecule has 2 aliphatic carbocycles.